The van der Waals surface area contributed by atoms with Gasteiger partial charge < -0.3 is 20.3 Å². The molecule has 0 atom stereocenters. The number of aromatic nitrogens is 2. The highest BCUT2D eigenvalue weighted by Gasteiger charge is 2.12. The third-order valence-electron chi connectivity index (χ3n) is 2.50. The number of carbonyl (C=O) groups excluding carboxylic acids is 1. The van der Waals surface area contributed by atoms with Crippen molar-refractivity contribution >= 4 is 17.7 Å². The molecular formula is C12H11FN4O4. The van der Waals surface area contributed by atoms with E-state index in [2.05, 4.69) is 25.3 Å². The fourth-order valence-corrected chi connectivity index (χ4v) is 1.53. The molecule has 0 saturated heterocycles. The number of nitrogens with zero attached hydrogens (tertiary/aromatic N) is 2. The Morgan fingerprint density at radius 2 is 2.19 bits per heavy atom. The number of carboxylic acid groups (broad SMARTS) is 1. The Morgan fingerprint density at radius 3 is 2.86 bits per heavy atom. The molecule has 0 saturated carbocycles. The summed E-state index contributed by atoms with van der Waals surface area (Å²) >= 11 is 0. The van der Waals surface area contributed by atoms with Crippen LogP contribution >= 0.6 is 0 Å². The smallest absolute Gasteiger partial charge is 0.338 e. The molecule has 0 aliphatic rings. The van der Waals surface area contributed by atoms with Gasteiger partial charge in [-0.15, -0.1) is 0 Å². The second-order valence-corrected chi connectivity index (χ2v) is 3.98. The quantitative estimate of drug-likeness (QED) is 0.764. The normalized spacial score (nSPS) is 10.1. The molecular weight excluding hydrogens is 283 g/mol. The fraction of sp³-hybridized carbons (Fsp3) is 0.167. The van der Waals surface area contributed by atoms with E-state index in [1.807, 2.05) is 0 Å². The average Bonchev–Trinajstić information content (AvgIpc) is 2.94. The molecule has 9 heteroatoms. The van der Waals surface area contributed by atoms with Gasteiger partial charge in [-0.3, -0.25) is 0 Å². The first-order valence-electron chi connectivity index (χ1n) is 5.89. The van der Waals surface area contributed by atoms with Crippen LogP contribution in [-0.2, 0) is 6.42 Å². The molecule has 1 aromatic carbocycles. The van der Waals surface area contributed by atoms with Crippen molar-refractivity contribution in [3.8, 4) is 0 Å². The van der Waals surface area contributed by atoms with Gasteiger partial charge in [0.15, 0.2) is 5.82 Å². The van der Waals surface area contributed by atoms with Gasteiger partial charge in [0, 0.05) is 18.7 Å². The van der Waals surface area contributed by atoms with Crippen LogP contribution in [0.2, 0.25) is 0 Å². The van der Waals surface area contributed by atoms with Crippen LogP contribution in [0, 0.1) is 5.82 Å². The molecule has 0 unspecified atom stereocenters. The molecule has 2 amide bonds. The number of nitrogens with one attached hydrogen (secondary N) is 2. The number of hydrogen-bond donors (Lipinski definition) is 3. The molecule has 2 rings (SSSR count). The van der Waals surface area contributed by atoms with Crippen molar-refractivity contribution in [2.45, 2.75) is 6.42 Å². The number of benzene rings is 1. The predicted molar refractivity (Wildman–Crippen MR) is 68.4 cm³/mol. The highest BCUT2D eigenvalue weighted by Crippen LogP contribution is 2.14. The van der Waals surface area contributed by atoms with Gasteiger partial charge in [0.2, 0.25) is 6.39 Å². The molecule has 0 aliphatic heterocycles. The number of carbonyl (C=O) groups is 2. The largest absolute Gasteiger partial charge is 0.478 e. The molecule has 1 aromatic heterocycles. The van der Waals surface area contributed by atoms with E-state index in [1.165, 1.54) is 12.5 Å². The molecule has 3 N–H and O–H groups in total. The number of urea groups is 1. The number of anilines is 1. The zero-order chi connectivity index (χ0) is 15.2. The van der Waals surface area contributed by atoms with Crippen LogP contribution in [0.4, 0.5) is 14.9 Å². The minimum Gasteiger partial charge on any atom is -0.478 e. The van der Waals surface area contributed by atoms with E-state index in [0.717, 1.165) is 12.1 Å². The first-order valence-corrected chi connectivity index (χ1v) is 5.89. The zero-order valence-electron chi connectivity index (χ0n) is 10.7. The van der Waals surface area contributed by atoms with E-state index in [4.69, 9.17) is 5.11 Å². The molecule has 0 fully saturated rings. The number of rotatable bonds is 5. The summed E-state index contributed by atoms with van der Waals surface area (Å²) in [5.74, 6) is -1.83. The molecule has 0 spiro atoms. The zero-order valence-corrected chi connectivity index (χ0v) is 10.7. The first-order chi connectivity index (χ1) is 10.1. The summed E-state index contributed by atoms with van der Waals surface area (Å²) in [5, 5.41) is 17.3. The molecule has 0 aliphatic carbocycles. The second-order valence-electron chi connectivity index (χ2n) is 3.98. The lowest BCUT2D eigenvalue weighted by atomic mass is 10.2. The lowest BCUT2D eigenvalue weighted by Gasteiger charge is -2.07. The van der Waals surface area contributed by atoms with Crippen molar-refractivity contribution in [1.29, 1.82) is 0 Å². The molecule has 1 heterocycles. The maximum absolute atomic E-state index is 13.2. The van der Waals surface area contributed by atoms with Gasteiger partial charge in [-0.2, -0.15) is 4.98 Å². The van der Waals surface area contributed by atoms with Crippen LogP contribution in [0.1, 0.15) is 16.2 Å². The Kier molecular flexibility index (Phi) is 4.44. The van der Waals surface area contributed by atoms with Gasteiger partial charge >= 0.3 is 12.0 Å². The van der Waals surface area contributed by atoms with Crippen LogP contribution in [0.25, 0.3) is 0 Å². The Balaban J connectivity index is 1.87. The van der Waals surface area contributed by atoms with E-state index >= 15 is 0 Å². The van der Waals surface area contributed by atoms with Gasteiger partial charge in [-0.05, 0) is 18.2 Å². The van der Waals surface area contributed by atoms with Crippen molar-refractivity contribution in [2.24, 2.45) is 0 Å². The highest BCUT2D eigenvalue weighted by molar-refractivity contribution is 5.93. The van der Waals surface area contributed by atoms with Crippen LogP contribution in [0.3, 0.4) is 0 Å². The van der Waals surface area contributed by atoms with Crippen LogP contribution in [0.5, 0.6) is 0 Å². The van der Waals surface area contributed by atoms with Crippen LogP contribution < -0.4 is 10.6 Å². The van der Waals surface area contributed by atoms with Gasteiger partial charge in [-0.1, -0.05) is 5.16 Å². The van der Waals surface area contributed by atoms with Gasteiger partial charge in [-0.25, -0.2) is 14.0 Å². The maximum atomic E-state index is 13.2. The lowest BCUT2D eigenvalue weighted by molar-refractivity contribution is 0.0692. The number of aromatic carboxylic acids is 1. The average molecular weight is 294 g/mol. The van der Waals surface area contributed by atoms with E-state index < -0.39 is 23.4 Å². The summed E-state index contributed by atoms with van der Waals surface area (Å²) in [4.78, 5) is 26.1. The number of halogens is 1. The third-order valence-corrected chi connectivity index (χ3v) is 2.50. The van der Waals surface area contributed by atoms with E-state index in [-0.39, 0.29) is 12.2 Å². The summed E-state index contributed by atoms with van der Waals surface area (Å²) in [6, 6.07) is 2.72. The number of hydrogen-bond acceptors (Lipinski definition) is 5. The van der Waals surface area contributed by atoms with Crippen LogP contribution in [0.15, 0.2) is 29.1 Å². The Bertz CT molecular complexity index is 645. The summed E-state index contributed by atoms with van der Waals surface area (Å²) in [5.41, 5.74) is -0.342. The van der Waals surface area contributed by atoms with E-state index in [0.29, 0.717) is 12.2 Å². The van der Waals surface area contributed by atoms with Crippen molar-refractivity contribution in [3.05, 3.63) is 41.8 Å². The predicted octanol–water partition coefficient (Wildman–Crippen LogP) is 1.27. The second kappa shape index (κ2) is 6.46. The third kappa shape index (κ3) is 4.00. The number of carboxylic acids is 1. The standard InChI is InChI=1S/C12H11FN4O4/c13-9-2-1-7(5-8(9)11(18)19)16-12(20)14-4-3-10-15-6-21-17-10/h1-2,5-6H,3-4H2,(H,18,19)(H2,14,16,20). The van der Waals surface area contributed by atoms with Crippen molar-refractivity contribution in [3.63, 3.8) is 0 Å². The minimum atomic E-state index is -1.41. The van der Waals surface area contributed by atoms with Crippen molar-refractivity contribution in [1.82, 2.24) is 15.5 Å². The molecule has 8 nitrogen and oxygen atoms in total. The van der Waals surface area contributed by atoms with Crippen LogP contribution in [-0.4, -0.2) is 33.8 Å². The lowest BCUT2D eigenvalue weighted by Crippen LogP contribution is -2.30. The summed E-state index contributed by atoms with van der Waals surface area (Å²) in [6.45, 7) is 0.262. The molecule has 110 valence electrons. The summed E-state index contributed by atoms with van der Waals surface area (Å²) in [7, 11) is 0. The fourth-order valence-electron chi connectivity index (χ4n) is 1.53. The topological polar surface area (TPSA) is 117 Å². The Labute approximate surface area is 118 Å². The molecule has 0 bridgehead atoms. The Hall–Kier alpha value is -2.97. The highest BCUT2D eigenvalue weighted by atomic mass is 19.1. The van der Waals surface area contributed by atoms with E-state index in [9.17, 15) is 14.0 Å². The Morgan fingerprint density at radius 1 is 1.38 bits per heavy atom. The van der Waals surface area contributed by atoms with Gasteiger partial charge in [0.05, 0.1) is 5.56 Å². The molecule has 0 radical (unpaired) electrons. The van der Waals surface area contributed by atoms with Crippen molar-refractivity contribution < 1.29 is 23.6 Å². The summed E-state index contributed by atoms with van der Waals surface area (Å²) < 4.78 is 17.7. The molecule has 2 aromatic rings. The molecule has 21 heavy (non-hydrogen) atoms. The minimum absolute atomic E-state index is 0.172. The van der Waals surface area contributed by atoms with E-state index in [1.54, 1.807) is 0 Å². The van der Waals surface area contributed by atoms with Gasteiger partial charge in [0.1, 0.15) is 5.82 Å². The maximum Gasteiger partial charge on any atom is 0.338 e. The monoisotopic (exact) mass is 294 g/mol. The first kappa shape index (κ1) is 14.4. The SMILES string of the molecule is O=C(NCCc1ncon1)Nc1ccc(F)c(C(=O)O)c1. The number of amides is 2. The van der Waals surface area contributed by atoms with Crippen molar-refractivity contribution in [2.75, 3.05) is 11.9 Å². The van der Waals surface area contributed by atoms with Gasteiger partial charge in [0.25, 0.3) is 0 Å². The summed E-state index contributed by atoms with van der Waals surface area (Å²) in [6.07, 6.45) is 1.56.